The van der Waals surface area contributed by atoms with E-state index in [2.05, 4.69) is 10.2 Å². The molecule has 2 atom stereocenters. The van der Waals surface area contributed by atoms with Gasteiger partial charge in [-0.2, -0.15) is 5.10 Å². The fourth-order valence-electron chi connectivity index (χ4n) is 3.67. The quantitative estimate of drug-likeness (QED) is 0.822. The monoisotopic (exact) mass is 316 g/mol. The van der Waals surface area contributed by atoms with Gasteiger partial charge in [-0.05, 0) is 24.8 Å². The molecule has 1 aromatic heterocycles. The Bertz CT molecular complexity index is 679. The second kappa shape index (κ2) is 5.18. The second-order valence-corrected chi connectivity index (χ2v) is 6.99. The van der Waals surface area contributed by atoms with Crippen LogP contribution in [0.3, 0.4) is 0 Å². The molecule has 3 aliphatic rings. The summed E-state index contributed by atoms with van der Waals surface area (Å²) in [5.41, 5.74) is 0.580. The lowest BCUT2D eigenvalue weighted by Crippen LogP contribution is -2.36. The molecular formula is C16H20N4O3. The summed E-state index contributed by atoms with van der Waals surface area (Å²) in [6.07, 6.45) is 2.48. The average molecular weight is 316 g/mol. The van der Waals surface area contributed by atoms with Crippen molar-refractivity contribution in [2.24, 2.45) is 17.8 Å². The zero-order chi connectivity index (χ0) is 16.1. The van der Waals surface area contributed by atoms with Crippen LogP contribution in [0.15, 0.2) is 6.07 Å². The number of aromatic amines is 1. The number of amides is 2. The summed E-state index contributed by atoms with van der Waals surface area (Å²) in [5, 5.41) is 6.48. The summed E-state index contributed by atoms with van der Waals surface area (Å²) in [6, 6.07) is 1.49. The number of likely N-dealkylation sites (tertiary alicyclic amines) is 2. The van der Waals surface area contributed by atoms with Gasteiger partial charge in [-0.15, -0.1) is 0 Å². The molecule has 2 amide bonds. The van der Waals surface area contributed by atoms with Crippen molar-refractivity contribution >= 4 is 17.6 Å². The number of Topliss-reactive ketones (excluding diaryl/α,β-unsaturated/α-hetero) is 1. The van der Waals surface area contributed by atoms with Crippen LogP contribution in [0, 0.1) is 17.8 Å². The summed E-state index contributed by atoms with van der Waals surface area (Å²) >= 11 is 0. The van der Waals surface area contributed by atoms with Gasteiger partial charge in [0.2, 0.25) is 5.91 Å². The van der Waals surface area contributed by atoms with Crippen LogP contribution >= 0.6 is 0 Å². The van der Waals surface area contributed by atoms with Gasteiger partial charge in [-0.1, -0.05) is 0 Å². The van der Waals surface area contributed by atoms with E-state index in [1.165, 1.54) is 25.8 Å². The third-order valence-electron chi connectivity index (χ3n) is 5.16. The lowest BCUT2D eigenvalue weighted by atomic mass is 10.0. The van der Waals surface area contributed by atoms with Gasteiger partial charge in [0, 0.05) is 39.0 Å². The standard InChI is InChI=1S/C16H20N4O3/c1-9(21)13-4-14(18-17-13)16(23)20-7-11-6-19(5-10-2-3-10)15(22)12(11)8-20/h4,10-12H,2-3,5-8H2,1H3,(H,17,18)/t11-,12+/m1/s1. The van der Waals surface area contributed by atoms with E-state index in [1.807, 2.05) is 4.90 Å². The highest BCUT2D eigenvalue weighted by molar-refractivity contribution is 5.98. The number of aromatic nitrogens is 2. The number of carbonyl (C=O) groups excluding carboxylic acids is 3. The zero-order valence-electron chi connectivity index (χ0n) is 13.1. The highest BCUT2D eigenvalue weighted by atomic mass is 16.2. The minimum Gasteiger partial charge on any atom is -0.342 e. The Morgan fingerprint density at radius 2 is 2.09 bits per heavy atom. The van der Waals surface area contributed by atoms with Crippen LogP contribution in [0.1, 0.15) is 40.7 Å². The fourth-order valence-corrected chi connectivity index (χ4v) is 3.67. The normalized spacial score (nSPS) is 26.7. The Labute approximate surface area is 134 Å². The van der Waals surface area contributed by atoms with Gasteiger partial charge in [0.25, 0.3) is 5.91 Å². The molecule has 2 aliphatic heterocycles. The topological polar surface area (TPSA) is 86.4 Å². The van der Waals surface area contributed by atoms with Crippen LogP contribution in [0.2, 0.25) is 0 Å². The molecule has 1 aromatic rings. The lowest BCUT2D eigenvalue weighted by Gasteiger charge is -2.21. The van der Waals surface area contributed by atoms with Gasteiger partial charge in [0.1, 0.15) is 11.4 Å². The molecule has 23 heavy (non-hydrogen) atoms. The smallest absolute Gasteiger partial charge is 0.271 e. The number of rotatable bonds is 4. The lowest BCUT2D eigenvalue weighted by molar-refractivity contribution is -0.131. The maximum Gasteiger partial charge on any atom is 0.271 e. The van der Waals surface area contributed by atoms with E-state index in [-0.39, 0.29) is 35.1 Å². The van der Waals surface area contributed by atoms with Gasteiger partial charge in [-0.25, -0.2) is 0 Å². The number of nitrogens with zero attached hydrogens (tertiary/aromatic N) is 3. The molecule has 3 fully saturated rings. The van der Waals surface area contributed by atoms with Crippen LogP contribution in [-0.4, -0.2) is 63.8 Å². The first-order chi connectivity index (χ1) is 11.0. The maximum absolute atomic E-state index is 12.5. The van der Waals surface area contributed by atoms with Crippen LogP contribution in [0.25, 0.3) is 0 Å². The van der Waals surface area contributed by atoms with Crippen LogP contribution in [0.5, 0.6) is 0 Å². The molecule has 0 aromatic carbocycles. The largest absolute Gasteiger partial charge is 0.342 e. The van der Waals surface area contributed by atoms with Gasteiger partial charge in [0.05, 0.1) is 5.92 Å². The van der Waals surface area contributed by atoms with Crippen LogP contribution < -0.4 is 0 Å². The first kappa shape index (κ1) is 14.4. The molecule has 0 spiro atoms. The number of hydrogen-bond donors (Lipinski definition) is 1. The van der Waals surface area contributed by atoms with Crippen molar-refractivity contribution in [1.82, 2.24) is 20.0 Å². The van der Waals surface area contributed by atoms with Gasteiger partial charge < -0.3 is 9.80 Å². The van der Waals surface area contributed by atoms with Gasteiger partial charge in [-0.3, -0.25) is 19.5 Å². The predicted molar refractivity (Wildman–Crippen MR) is 80.8 cm³/mol. The van der Waals surface area contributed by atoms with Gasteiger partial charge >= 0.3 is 0 Å². The Hall–Kier alpha value is -2.18. The molecule has 3 heterocycles. The summed E-state index contributed by atoms with van der Waals surface area (Å²) in [6.45, 7) is 4.15. The Morgan fingerprint density at radius 3 is 2.70 bits per heavy atom. The Kier molecular flexibility index (Phi) is 3.25. The number of H-pyrrole nitrogens is 1. The summed E-state index contributed by atoms with van der Waals surface area (Å²) < 4.78 is 0. The van der Waals surface area contributed by atoms with E-state index in [0.29, 0.717) is 24.7 Å². The summed E-state index contributed by atoms with van der Waals surface area (Å²) in [4.78, 5) is 39.9. The number of hydrogen-bond acceptors (Lipinski definition) is 4. The molecule has 122 valence electrons. The van der Waals surface area contributed by atoms with E-state index in [0.717, 1.165) is 13.1 Å². The first-order valence-corrected chi connectivity index (χ1v) is 8.17. The number of nitrogens with one attached hydrogen (secondary N) is 1. The molecule has 1 N–H and O–H groups in total. The van der Waals surface area contributed by atoms with Crippen molar-refractivity contribution in [3.8, 4) is 0 Å². The van der Waals surface area contributed by atoms with Crippen molar-refractivity contribution in [2.75, 3.05) is 26.2 Å². The molecule has 0 radical (unpaired) electrons. The maximum atomic E-state index is 12.5. The second-order valence-electron chi connectivity index (χ2n) is 6.99. The SMILES string of the molecule is CC(=O)c1cc(C(=O)N2C[C@H]3CN(CC4CC4)C(=O)[C@H]3C2)[nH]n1. The minimum absolute atomic E-state index is 0.0621. The minimum atomic E-state index is -0.180. The molecule has 7 heteroatoms. The Balaban J connectivity index is 1.42. The van der Waals surface area contributed by atoms with Crippen molar-refractivity contribution in [3.05, 3.63) is 17.5 Å². The van der Waals surface area contributed by atoms with Crippen molar-refractivity contribution in [3.63, 3.8) is 0 Å². The van der Waals surface area contributed by atoms with Crippen molar-refractivity contribution in [2.45, 2.75) is 19.8 Å². The first-order valence-electron chi connectivity index (χ1n) is 8.17. The molecule has 0 bridgehead atoms. The molecule has 4 rings (SSSR count). The summed E-state index contributed by atoms with van der Waals surface area (Å²) in [7, 11) is 0. The number of carbonyl (C=O) groups is 3. The van der Waals surface area contributed by atoms with Crippen LogP contribution in [0.4, 0.5) is 0 Å². The molecular weight excluding hydrogens is 296 g/mol. The highest BCUT2D eigenvalue weighted by Crippen LogP contribution is 2.36. The van der Waals surface area contributed by atoms with E-state index in [9.17, 15) is 14.4 Å². The third kappa shape index (κ3) is 2.54. The molecule has 2 saturated heterocycles. The Morgan fingerprint density at radius 1 is 1.30 bits per heavy atom. The average Bonchev–Trinajstić information content (AvgIpc) is 2.96. The van der Waals surface area contributed by atoms with E-state index >= 15 is 0 Å². The number of fused-ring (bicyclic) bond motifs is 1. The van der Waals surface area contributed by atoms with Crippen molar-refractivity contribution < 1.29 is 14.4 Å². The molecule has 1 aliphatic carbocycles. The highest BCUT2D eigenvalue weighted by Gasteiger charge is 2.48. The predicted octanol–water partition coefficient (Wildman–Crippen LogP) is 0.553. The fraction of sp³-hybridized carbons (Fsp3) is 0.625. The van der Waals surface area contributed by atoms with E-state index < -0.39 is 0 Å². The molecule has 7 nitrogen and oxygen atoms in total. The zero-order valence-corrected chi connectivity index (χ0v) is 13.1. The molecule has 1 saturated carbocycles. The number of ketones is 1. The van der Waals surface area contributed by atoms with E-state index in [4.69, 9.17) is 0 Å². The third-order valence-corrected chi connectivity index (χ3v) is 5.16. The molecule has 0 unspecified atom stereocenters. The van der Waals surface area contributed by atoms with E-state index in [1.54, 1.807) is 4.90 Å². The van der Waals surface area contributed by atoms with Gasteiger partial charge in [0.15, 0.2) is 5.78 Å². The van der Waals surface area contributed by atoms with Crippen molar-refractivity contribution in [1.29, 1.82) is 0 Å². The van der Waals surface area contributed by atoms with Crippen LogP contribution in [-0.2, 0) is 4.79 Å². The summed E-state index contributed by atoms with van der Waals surface area (Å²) in [5.74, 6) is 0.718.